The van der Waals surface area contributed by atoms with E-state index in [-0.39, 0.29) is 0 Å². The van der Waals surface area contributed by atoms with Gasteiger partial charge in [0.1, 0.15) is 0 Å². The standard InChI is InChI=1S/C14H23N3O2S/c1-14(2,12-17-10-8-15-9-11-17)16-20(18,19)13-6-4-3-5-7-13/h3-7,15-16H,8-12H2,1-2H3. The summed E-state index contributed by atoms with van der Waals surface area (Å²) in [6, 6.07) is 8.51. The van der Waals surface area contributed by atoms with Crippen molar-refractivity contribution in [3.63, 3.8) is 0 Å². The molecule has 0 saturated carbocycles. The predicted molar refractivity (Wildman–Crippen MR) is 80.2 cm³/mol. The molecule has 1 aliphatic heterocycles. The van der Waals surface area contributed by atoms with Crippen molar-refractivity contribution >= 4 is 10.0 Å². The number of hydrogen-bond donors (Lipinski definition) is 2. The highest BCUT2D eigenvalue weighted by molar-refractivity contribution is 7.89. The monoisotopic (exact) mass is 297 g/mol. The minimum absolute atomic E-state index is 0.313. The molecule has 0 bridgehead atoms. The topological polar surface area (TPSA) is 61.4 Å². The van der Waals surface area contributed by atoms with Gasteiger partial charge in [-0.25, -0.2) is 13.1 Å². The molecule has 1 aromatic carbocycles. The Morgan fingerprint density at radius 1 is 1.20 bits per heavy atom. The van der Waals surface area contributed by atoms with Crippen molar-refractivity contribution in [1.29, 1.82) is 0 Å². The van der Waals surface area contributed by atoms with Crippen LogP contribution >= 0.6 is 0 Å². The number of hydrogen-bond acceptors (Lipinski definition) is 4. The molecule has 0 spiro atoms. The molecule has 1 heterocycles. The quantitative estimate of drug-likeness (QED) is 0.838. The van der Waals surface area contributed by atoms with Gasteiger partial charge in [-0.3, -0.25) is 4.90 Å². The van der Waals surface area contributed by atoms with E-state index in [1.54, 1.807) is 24.3 Å². The molecule has 2 rings (SSSR count). The fourth-order valence-electron chi connectivity index (χ4n) is 2.48. The highest BCUT2D eigenvalue weighted by Gasteiger charge is 2.28. The maximum atomic E-state index is 12.3. The zero-order chi connectivity index (χ0) is 14.6. The molecule has 2 N–H and O–H groups in total. The van der Waals surface area contributed by atoms with Crippen LogP contribution < -0.4 is 10.0 Å². The summed E-state index contributed by atoms with van der Waals surface area (Å²) in [6.45, 7) is 8.39. The highest BCUT2D eigenvalue weighted by atomic mass is 32.2. The van der Waals surface area contributed by atoms with Gasteiger partial charge >= 0.3 is 0 Å². The van der Waals surface area contributed by atoms with Crippen molar-refractivity contribution in [2.75, 3.05) is 32.7 Å². The molecule has 1 aliphatic rings. The summed E-state index contributed by atoms with van der Waals surface area (Å²) >= 11 is 0. The third-order valence-electron chi connectivity index (χ3n) is 3.29. The molecule has 1 aromatic rings. The molecule has 5 nitrogen and oxygen atoms in total. The second-order valence-electron chi connectivity index (χ2n) is 5.83. The van der Waals surface area contributed by atoms with Gasteiger partial charge in [0.25, 0.3) is 0 Å². The van der Waals surface area contributed by atoms with Crippen LogP contribution in [0.5, 0.6) is 0 Å². The van der Waals surface area contributed by atoms with Crippen LogP contribution in [0.3, 0.4) is 0 Å². The smallest absolute Gasteiger partial charge is 0.241 e. The normalized spacial score (nSPS) is 18.1. The van der Waals surface area contributed by atoms with Gasteiger partial charge in [-0.1, -0.05) is 18.2 Å². The number of nitrogens with one attached hydrogen (secondary N) is 2. The first-order chi connectivity index (χ1) is 9.39. The SMILES string of the molecule is CC(C)(CN1CCNCC1)NS(=O)(=O)c1ccccc1. The molecular weight excluding hydrogens is 274 g/mol. The fourth-order valence-corrected chi connectivity index (χ4v) is 3.91. The van der Waals surface area contributed by atoms with Gasteiger partial charge in [0.05, 0.1) is 4.90 Å². The second kappa shape index (κ2) is 6.22. The van der Waals surface area contributed by atoms with Gasteiger partial charge in [-0.15, -0.1) is 0 Å². The minimum atomic E-state index is -3.46. The number of piperazine rings is 1. The van der Waals surface area contributed by atoms with E-state index in [1.807, 2.05) is 19.9 Å². The van der Waals surface area contributed by atoms with Crippen LogP contribution in [-0.2, 0) is 10.0 Å². The Balaban J connectivity index is 2.03. The molecule has 1 saturated heterocycles. The molecule has 0 aliphatic carbocycles. The van der Waals surface area contributed by atoms with Gasteiger partial charge in [-0.2, -0.15) is 0 Å². The molecule has 0 atom stereocenters. The third-order valence-corrected chi connectivity index (χ3v) is 5.01. The third kappa shape index (κ3) is 4.28. The largest absolute Gasteiger partial charge is 0.314 e. The lowest BCUT2D eigenvalue weighted by Crippen LogP contribution is -2.55. The number of sulfonamides is 1. The maximum Gasteiger partial charge on any atom is 0.241 e. The maximum absolute atomic E-state index is 12.3. The molecule has 0 amide bonds. The van der Waals surface area contributed by atoms with E-state index in [1.165, 1.54) is 0 Å². The molecular formula is C14H23N3O2S. The Morgan fingerprint density at radius 3 is 2.40 bits per heavy atom. The number of nitrogens with zero attached hydrogens (tertiary/aromatic N) is 1. The molecule has 0 aromatic heterocycles. The number of rotatable bonds is 5. The first kappa shape index (κ1) is 15.4. The van der Waals surface area contributed by atoms with Crippen molar-refractivity contribution in [3.8, 4) is 0 Å². The molecule has 112 valence electrons. The minimum Gasteiger partial charge on any atom is -0.314 e. The first-order valence-corrected chi connectivity index (χ1v) is 8.39. The Labute approximate surface area is 121 Å². The van der Waals surface area contributed by atoms with Crippen LogP contribution in [0.15, 0.2) is 35.2 Å². The lowest BCUT2D eigenvalue weighted by molar-refractivity contribution is 0.194. The first-order valence-electron chi connectivity index (χ1n) is 6.91. The average Bonchev–Trinajstić information content (AvgIpc) is 2.39. The van der Waals surface area contributed by atoms with Gasteiger partial charge in [0.2, 0.25) is 10.0 Å². The second-order valence-corrected chi connectivity index (χ2v) is 7.51. The molecule has 0 unspecified atom stereocenters. The van der Waals surface area contributed by atoms with E-state index in [4.69, 9.17) is 0 Å². The van der Waals surface area contributed by atoms with Gasteiger partial charge in [0.15, 0.2) is 0 Å². The summed E-state index contributed by atoms with van der Waals surface area (Å²) in [5, 5.41) is 3.29. The van der Waals surface area contributed by atoms with Crippen molar-refractivity contribution < 1.29 is 8.42 Å². The van der Waals surface area contributed by atoms with Crippen LogP contribution in [0.4, 0.5) is 0 Å². The summed E-state index contributed by atoms with van der Waals surface area (Å²) in [6.07, 6.45) is 0. The van der Waals surface area contributed by atoms with E-state index in [2.05, 4.69) is 14.9 Å². The fraction of sp³-hybridized carbons (Fsp3) is 0.571. The predicted octanol–water partition coefficient (Wildman–Crippen LogP) is 0.649. The lowest BCUT2D eigenvalue weighted by atomic mass is 10.1. The van der Waals surface area contributed by atoms with Gasteiger partial charge < -0.3 is 5.32 Å². The van der Waals surface area contributed by atoms with Crippen LogP contribution in [0.25, 0.3) is 0 Å². The van der Waals surface area contributed by atoms with Crippen LogP contribution in [0.2, 0.25) is 0 Å². The highest BCUT2D eigenvalue weighted by Crippen LogP contribution is 2.14. The van der Waals surface area contributed by atoms with Crippen molar-refractivity contribution in [3.05, 3.63) is 30.3 Å². The van der Waals surface area contributed by atoms with E-state index in [9.17, 15) is 8.42 Å². The van der Waals surface area contributed by atoms with E-state index >= 15 is 0 Å². The summed E-state index contributed by atoms with van der Waals surface area (Å²) in [7, 11) is -3.46. The van der Waals surface area contributed by atoms with E-state index in [0.717, 1.165) is 26.2 Å². The lowest BCUT2D eigenvalue weighted by Gasteiger charge is -2.35. The molecule has 0 radical (unpaired) electrons. The van der Waals surface area contributed by atoms with Crippen LogP contribution in [0.1, 0.15) is 13.8 Å². The molecule has 1 fully saturated rings. The van der Waals surface area contributed by atoms with Crippen LogP contribution in [0, 0.1) is 0 Å². The zero-order valence-electron chi connectivity index (χ0n) is 12.1. The Morgan fingerprint density at radius 2 is 1.80 bits per heavy atom. The van der Waals surface area contributed by atoms with Crippen molar-refractivity contribution in [2.45, 2.75) is 24.3 Å². The summed E-state index contributed by atoms with van der Waals surface area (Å²) in [4.78, 5) is 2.60. The van der Waals surface area contributed by atoms with E-state index < -0.39 is 15.6 Å². The molecule has 20 heavy (non-hydrogen) atoms. The summed E-state index contributed by atoms with van der Waals surface area (Å²) in [5.41, 5.74) is -0.494. The molecule has 6 heteroatoms. The Bertz CT molecular complexity index is 523. The summed E-state index contributed by atoms with van der Waals surface area (Å²) in [5.74, 6) is 0. The van der Waals surface area contributed by atoms with Crippen LogP contribution in [-0.4, -0.2) is 51.6 Å². The average molecular weight is 297 g/mol. The van der Waals surface area contributed by atoms with Gasteiger partial charge in [-0.05, 0) is 26.0 Å². The number of benzene rings is 1. The summed E-state index contributed by atoms with van der Waals surface area (Å²) < 4.78 is 27.5. The Hall–Kier alpha value is -0.950. The van der Waals surface area contributed by atoms with E-state index in [0.29, 0.717) is 11.4 Å². The van der Waals surface area contributed by atoms with Gasteiger partial charge in [0, 0.05) is 38.3 Å². The van der Waals surface area contributed by atoms with Crippen molar-refractivity contribution in [1.82, 2.24) is 14.9 Å². The zero-order valence-corrected chi connectivity index (χ0v) is 12.9. The Kier molecular flexibility index (Phi) is 4.80. The van der Waals surface area contributed by atoms with Crippen molar-refractivity contribution in [2.24, 2.45) is 0 Å².